The van der Waals surface area contributed by atoms with E-state index in [1.165, 1.54) is 4.90 Å². The fraction of sp³-hybridized carbons (Fsp3) is 0.258. The van der Waals surface area contributed by atoms with Crippen molar-refractivity contribution in [3.8, 4) is 11.3 Å². The van der Waals surface area contributed by atoms with Gasteiger partial charge in [0.25, 0.3) is 0 Å². The zero-order chi connectivity index (χ0) is 28.5. The van der Waals surface area contributed by atoms with E-state index in [0.29, 0.717) is 39.4 Å². The first kappa shape index (κ1) is 25.9. The Morgan fingerprint density at radius 2 is 1.69 bits per heavy atom. The molecule has 2 fully saturated rings. The number of hydrogen-bond donors (Lipinski definition) is 1. The van der Waals surface area contributed by atoms with Crippen molar-refractivity contribution in [2.75, 3.05) is 62.3 Å². The predicted molar refractivity (Wildman–Crippen MR) is 162 cm³/mol. The van der Waals surface area contributed by atoms with Gasteiger partial charge in [0.05, 0.1) is 42.0 Å². The van der Waals surface area contributed by atoms with E-state index in [1.54, 1.807) is 0 Å². The number of benzene rings is 1. The molecule has 5 aromatic rings. The molecule has 212 valence electrons. The van der Waals surface area contributed by atoms with E-state index < -0.39 is 6.09 Å². The number of fused-ring (bicyclic) bond motifs is 2. The zero-order valence-electron chi connectivity index (χ0n) is 23.0. The van der Waals surface area contributed by atoms with Crippen molar-refractivity contribution in [2.24, 2.45) is 0 Å². The summed E-state index contributed by atoms with van der Waals surface area (Å²) in [4.78, 5) is 31.8. The Balaban J connectivity index is 1.26. The molecule has 0 spiro atoms. The van der Waals surface area contributed by atoms with Gasteiger partial charge in [0.15, 0.2) is 5.65 Å². The minimum atomic E-state index is -0.881. The lowest BCUT2D eigenvalue weighted by molar-refractivity contribution is 0.123. The third kappa shape index (κ3) is 4.99. The number of morpholine rings is 1. The van der Waals surface area contributed by atoms with Gasteiger partial charge >= 0.3 is 6.09 Å². The van der Waals surface area contributed by atoms with E-state index in [-0.39, 0.29) is 0 Å². The number of nitrogens with zero attached hydrogens (tertiary/aromatic N) is 8. The zero-order valence-corrected chi connectivity index (χ0v) is 23.0. The lowest BCUT2D eigenvalue weighted by atomic mass is 10.1. The first-order valence-corrected chi connectivity index (χ1v) is 14.1. The van der Waals surface area contributed by atoms with Gasteiger partial charge in [-0.2, -0.15) is 5.10 Å². The normalized spacial score (nSPS) is 16.1. The standard InChI is InChI=1S/C31H30N8O3/c40-31(41)38-15-13-37(14-16-38)28-10-6-23(21-32-28)29-26(9-8-24-7-5-22-3-1-2-4-25(22)34-24)35-30-27(11-12-33-39(29)30)36-17-19-42-20-18-36/h1-12,21H,13-20H2,(H,40,41). The molecule has 0 saturated carbocycles. The highest BCUT2D eigenvalue weighted by molar-refractivity contribution is 5.84. The molecule has 42 heavy (non-hydrogen) atoms. The van der Waals surface area contributed by atoms with Crippen molar-refractivity contribution < 1.29 is 14.6 Å². The molecule has 0 atom stereocenters. The minimum absolute atomic E-state index is 0.456. The first-order chi connectivity index (χ1) is 20.6. The molecule has 2 saturated heterocycles. The lowest BCUT2D eigenvalue weighted by Gasteiger charge is -2.33. The molecule has 1 N–H and O–H groups in total. The Morgan fingerprint density at radius 1 is 0.857 bits per heavy atom. The van der Waals surface area contributed by atoms with E-state index in [1.807, 2.05) is 71.5 Å². The maximum Gasteiger partial charge on any atom is 0.407 e. The minimum Gasteiger partial charge on any atom is -0.465 e. The second-order valence-electron chi connectivity index (χ2n) is 10.3. The molecule has 4 aromatic heterocycles. The Hall–Kier alpha value is -5.03. The van der Waals surface area contributed by atoms with Gasteiger partial charge in [-0.3, -0.25) is 0 Å². The summed E-state index contributed by atoms with van der Waals surface area (Å²) < 4.78 is 7.47. The number of ether oxygens (including phenoxy) is 1. The maximum atomic E-state index is 11.3. The highest BCUT2D eigenvalue weighted by atomic mass is 16.5. The monoisotopic (exact) mass is 562 g/mol. The molecule has 0 aliphatic carbocycles. The van der Waals surface area contributed by atoms with Crippen molar-refractivity contribution >= 4 is 46.3 Å². The topological polar surface area (TPSA) is 112 Å². The molecule has 11 heteroatoms. The number of carboxylic acid groups (broad SMARTS) is 1. The van der Waals surface area contributed by atoms with Crippen LogP contribution in [0.5, 0.6) is 0 Å². The van der Waals surface area contributed by atoms with E-state index in [9.17, 15) is 9.90 Å². The van der Waals surface area contributed by atoms with Crippen LogP contribution in [-0.4, -0.2) is 93.1 Å². The van der Waals surface area contributed by atoms with Crippen LogP contribution in [0.1, 0.15) is 11.4 Å². The van der Waals surface area contributed by atoms with Crippen LogP contribution >= 0.6 is 0 Å². The summed E-state index contributed by atoms with van der Waals surface area (Å²) in [6, 6.07) is 18.2. The van der Waals surface area contributed by atoms with Crippen LogP contribution in [-0.2, 0) is 4.74 Å². The second-order valence-corrected chi connectivity index (χ2v) is 10.3. The van der Waals surface area contributed by atoms with E-state index >= 15 is 0 Å². The van der Waals surface area contributed by atoms with Gasteiger partial charge in [0, 0.05) is 56.4 Å². The third-order valence-corrected chi connectivity index (χ3v) is 7.80. The highest BCUT2D eigenvalue weighted by Crippen LogP contribution is 2.31. The van der Waals surface area contributed by atoms with Crippen LogP contribution in [0.4, 0.5) is 16.3 Å². The number of aromatic nitrogens is 5. The largest absolute Gasteiger partial charge is 0.465 e. The summed E-state index contributed by atoms with van der Waals surface area (Å²) >= 11 is 0. The molecule has 1 amide bonds. The maximum absolute atomic E-state index is 11.3. The van der Waals surface area contributed by atoms with Gasteiger partial charge in [-0.05, 0) is 42.5 Å². The van der Waals surface area contributed by atoms with Crippen LogP contribution in [0, 0.1) is 0 Å². The lowest BCUT2D eigenvalue weighted by Crippen LogP contribution is -2.48. The molecule has 0 unspecified atom stereocenters. The molecule has 0 bridgehead atoms. The Morgan fingerprint density at radius 3 is 2.48 bits per heavy atom. The molecule has 6 heterocycles. The summed E-state index contributed by atoms with van der Waals surface area (Å²) in [5.74, 6) is 0.817. The van der Waals surface area contributed by atoms with Gasteiger partial charge in [0.2, 0.25) is 0 Å². The van der Waals surface area contributed by atoms with E-state index in [4.69, 9.17) is 24.8 Å². The van der Waals surface area contributed by atoms with Crippen LogP contribution in [0.25, 0.3) is 40.0 Å². The SMILES string of the molecule is O=C(O)N1CCN(c2ccc(-c3c(C=Cc4ccc5ccccc5n4)nc4c(N5CCOCC5)ccnn34)cn2)CC1. The summed E-state index contributed by atoms with van der Waals surface area (Å²) in [5, 5.41) is 15.1. The smallest absolute Gasteiger partial charge is 0.407 e. The summed E-state index contributed by atoms with van der Waals surface area (Å²) in [7, 11) is 0. The van der Waals surface area contributed by atoms with Crippen LogP contribution in [0.2, 0.25) is 0 Å². The van der Waals surface area contributed by atoms with Crippen molar-refractivity contribution in [1.29, 1.82) is 0 Å². The van der Waals surface area contributed by atoms with Gasteiger partial charge < -0.3 is 24.5 Å². The van der Waals surface area contributed by atoms with Crippen LogP contribution < -0.4 is 9.80 Å². The summed E-state index contributed by atoms with van der Waals surface area (Å²) in [6.07, 6.45) is 6.75. The molecule has 7 rings (SSSR count). The highest BCUT2D eigenvalue weighted by Gasteiger charge is 2.23. The Labute approximate surface area is 242 Å². The average molecular weight is 563 g/mol. The van der Waals surface area contributed by atoms with Crippen molar-refractivity contribution in [3.05, 3.63) is 78.4 Å². The number of anilines is 2. The number of imidazole rings is 1. The molecule has 0 radical (unpaired) electrons. The van der Waals surface area contributed by atoms with Gasteiger partial charge in [-0.1, -0.05) is 24.3 Å². The average Bonchev–Trinajstić information content (AvgIpc) is 3.43. The Bertz CT molecular complexity index is 1770. The first-order valence-electron chi connectivity index (χ1n) is 14.1. The fourth-order valence-corrected chi connectivity index (χ4v) is 5.57. The van der Waals surface area contributed by atoms with E-state index in [0.717, 1.165) is 63.8 Å². The number of para-hydroxylation sites is 1. The van der Waals surface area contributed by atoms with Crippen molar-refractivity contribution in [2.45, 2.75) is 0 Å². The molecule has 1 aromatic carbocycles. The number of amides is 1. The van der Waals surface area contributed by atoms with Gasteiger partial charge in [-0.25, -0.2) is 24.3 Å². The van der Waals surface area contributed by atoms with Crippen LogP contribution in [0.15, 0.2) is 67.0 Å². The van der Waals surface area contributed by atoms with Gasteiger partial charge in [0.1, 0.15) is 11.5 Å². The quantitative estimate of drug-likeness (QED) is 0.338. The number of carbonyl (C=O) groups is 1. The fourth-order valence-electron chi connectivity index (χ4n) is 5.57. The molecular weight excluding hydrogens is 532 g/mol. The molecule has 2 aliphatic heterocycles. The number of hydrogen-bond acceptors (Lipinski definition) is 8. The summed E-state index contributed by atoms with van der Waals surface area (Å²) in [5.41, 5.74) is 6.05. The summed E-state index contributed by atoms with van der Waals surface area (Å²) in [6.45, 7) is 5.05. The number of pyridine rings is 2. The number of rotatable bonds is 5. The molecule has 11 nitrogen and oxygen atoms in total. The predicted octanol–water partition coefficient (Wildman–Crippen LogP) is 4.15. The van der Waals surface area contributed by atoms with E-state index in [2.05, 4.69) is 21.9 Å². The van der Waals surface area contributed by atoms with Crippen molar-refractivity contribution in [1.82, 2.24) is 29.5 Å². The Kier molecular flexibility index (Phi) is 6.84. The number of piperazine rings is 1. The van der Waals surface area contributed by atoms with Crippen molar-refractivity contribution in [3.63, 3.8) is 0 Å². The third-order valence-electron chi connectivity index (χ3n) is 7.80. The molecular formula is C31H30N8O3. The van der Waals surface area contributed by atoms with Crippen LogP contribution in [0.3, 0.4) is 0 Å². The van der Waals surface area contributed by atoms with Gasteiger partial charge in [-0.15, -0.1) is 0 Å². The molecule has 2 aliphatic rings. The second kappa shape index (κ2) is 11.1.